The monoisotopic (exact) mass is 1700 g/mol. The fraction of sp³-hybridized carbons (Fsp3) is 0. The van der Waals surface area contributed by atoms with Crippen LogP contribution in [0.2, 0.25) is 0 Å². The van der Waals surface area contributed by atoms with E-state index >= 15 is 0 Å². The van der Waals surface area contributed by atoms with Crippen LogP contribution >= 0.6 is 0 Å². The van der Waals surface area contributed by atoms with E-state index in [0.29, 0.717) is 11.6 Å². The van der Waals surface area contributed by atoms with Gasteiger partial charge in [-0.2, -0.15) is 0 Å². The van der Waals surface area contributed by atoms with Gasteiger partial charge < -0.3 is 18.3 Å². The van der Waals surface area contributed by atoms with Crippen LogP contribution in [0.4, 0.5) is 0 Å². The zero-order valence-corrected chi connectivity index (χ0v) is 72.6. The lowest BCUT2D eigenvalue weighted by atomic mass is 9.94. The zero-order valence-electron chi connectivity index (χ0n) is 72.6. The molecule has 0 N–H and O–H groups in total. The van der Waals surface area contributed by atoms with Gasteiger partial charge in [0.25, 0.3) is 0 Å². The number of hydrogen-bond donors (Lipinski definition) is 0. The highest BCUT2D eigenvalue weighted by atomic mass is 15.0. The molecule has 0 bridgehead atoms. The first-order chi connectivity index (χ1) is 66.4. The smallest absolute Gasteiger partial charge is 0.160 e. The molecule has 0 spiro atoms. The van der Waals surface area contributed by atoms with Crippen molar-refractivity contribution in [3.63, 3.8) is 0 Å². The highest BCUT2D eigenvalue weighted by molar-refractivity contribution is 6.20. The summed E-state index contributed by atoms with van der Waals surface area (Å²) in [5, 5.41) is 24.0. The lowest BCUT2D eigenvalue weighted by Gasteiger charge is -2.14. The summed E-state index contributed by atoms with van der Waals surface area (Å²) in [6.07, 6.45) is 0. The fourth-order valence-corrected chi connectivity index (χ4v) is 21.0. The summed E-state index contributed by atoms with van der Waals surface area (Å²) in [6, 6.07) is 171. The Balaban J connectivity index is 0.000000138. The van der Waals surface area contributed by atoms with Crippen LogP contribution in [0.1, 0.15) is 0 Å². The van der Waals surface area contributed by atoms with Crippen LogP contribution in [-0.2, 0) is 0 Å². The van der Waals surface area contributed by atoms with Gasteiger partial charge in [-0.1, -0.05) is 315 Å². The van der Waals surface area contributed by atoms with Crippen molar-refractivity contribution in [3.05, 3.63) is 473 Å². The molecule has 22 aromatic carbocycles. The van der Waals surface area contributed by atoms with Gasteiger partial charge in [0.2, 0.25) is 0 Å². The molecule has 6 aromatic heterocycles. The first kappa shape index (κ1) is 76.1. The maximum absolute atomic E-state index is 5.46. The summed E-state index contributed by atoms with van der Waals surface area (Å²) in [5.41, 5.74) is 28.5. The van der Waals surface area contributed by atoms with Crippen LogP contribution in [0.25, 0.3) is 264 Å². The second-order valence-corrected chi connectivity index (χ2v) is 35.2. The van der Waals surface area contributed by atoms with Crippen molar-refractivity contribution in [3.8, 4) is 101 Å². The molecule has 0 unspecified atom stereocenters. The fourth-order valence-electron chi connectivity index (χ4n) is 21.0. The van der Waals surface area contributed by atoms with Gasteiger partial charge in [0.15, 0.2) is 11.6 Å². The van der Waals surface area contributed by atoms with Gasteiger partial charge in [-0.15, -0.1) is 0 Å². The van der Waals surface area contributed by atoms with Crippen LogP contribution in [0.3, 0.4) is 0 Å². The number of nitrogens with zero attached hydrogens (tertiary/aromatic N) is 8. The molecule has 0 saturated carbocycles. The molecule has 0 saturated heterocycles. The summed E-state index contributed by atoms with van der Waals surface area (Å²) in [5.74, 6) is 1.39. The molecule has 134 heavy (non-hydrogen) atoms. The van der Waals surface area contributed by atoms with E-state index in [4.69, 9.17) is 19.9 Å². The molecule has 0 aliphatic heterocycles. The number of fused-ring (bicyclic) bond motifs is 19. The van der Waals surface area contributed by atoms with Gasteiger partial charge >= 0.3 is 0 Å². The third kappa shape index (κ3) is 12.7. The van der Waals surface area contributed by atoms with E-state index in [1.54, 1.807) is 0 Å². The van der Waals surface area contributed by atoms with Crippen LogP contribution in [0.5, 0.6) is 0 Å². The van der Waals surface area contributed by atoms with Gasteiger partial charge in [0.1, 0.15) is 0 Å². The molecule has 622 valence electrons. The van der Waals surface area contributed by atoms with E-state index in [2.05, 4.69) is 491 Å². The summed E-state index contributed by atoms with van der Waals surface area (Å²) in [7, 11) is 0. The van der Waals surface area contributed by atoms with E-state index in [1.807, 2.05) is 0 Å². The van der Waals surface area contributed by atoms with Crippen molar-refractivity contribution >= 4 is 163 Å². The van der Waals surface area contributed by atoms with Gasteiger partial charge in [0.05, 0.1) is 66.6 Å². The van der Waals surface area contributed by atoms with E-state index in [-0.39, 0.29) is 0 Å². The lowest BCUT2D eigenvalue weighted by Crippen LogP contribution is -1.98. The molecule has 0 radical (unpaired) electrons. The minimum atomic E-state index is 0.691. The SMILES string of the molecule is c1ccc(-c2cc(-c3ccccc3)cc(-c3nc(-c4ccc5ccc(-n6c7ccc(-n8c9ccccc9c9cc%10ccccc%10cc98)cc7c7cc8ccccc8cc76)cc5c4)nc4ccccc34)c2)cc1.c1ccc(-c2ccc(-c3nc(-c4cccc(-n5c6ccc(-n7c8ccccc8c8cc9ccccc9cc87)cc6c6cc7ccccc7cc65)c4)nc4ccccc34)cc2)cc1. The van der Waals surface area contributed by atoms with Gasteiger partial charge in [-0.25, -0.2) is 19.9 Å². The normalized spacial score (nSPS) is 11.9. The van der Waals surface area contributed by atoms with E-state index in [9.17, 15) is 0 Å². The molecule has 0 aliphatic carbocycles. The summed E-state index contributed by atoms with van der Waals surface area (Å²) in [4.78, 5) is 21.2. The Morgan fingerprint density at radius 2 is 0.425 bits per heavy atom. The Bertz CT molecular complexity index is 9650. The molecule has 8 nitrogen and oxygen atoms in total. The third-order valence-electron chi connectivity index (χ3n) is 27.4. The standard InChI is InChI=1S/C68H42N4.C58H36N4/c1-3-15-43(16-4-1)51-34-52(44-17-5-2-6-18-44)36-54(35-51)67-58-24-11-13-25-62(58)69-68(70-67)50-28-27-45-29-30-55(37-53(45)33-50)71-64-32-31-56(42-61(64)60-39-47-20-8-10-22-49(47)41-66(60)71)72-63-26-14-12-23-57(63)59-38-46-19-7-9-21-48(46)40-65(59)72;1-2-13-37(14-3-1)38-25-27-39(28-26-38)57-48-22-8-10-23-52(48)59-58(60-57)44-19-12-20-45(31-44)61-54-30-29-46(36-51(54)50-33-41-16-5-7-18-43(41)35-56(50)61)62-53-24-11-9-21-47(53)49-32-40-15-4-6-17-42(40)34-55(49)62/h1-42H;1-36H. The average Bonchev–Trinajstić information content (AvgIpc) is 1.57. The molecule has 8 heteroatoms. The van der Waals surface area contributed by atoms with Crippen LogP contribution in [-0.4, -0.2) is 38.2 Å². The first-order valence-electron chi connectivity index (χ1n) is 45.8. The molecular formula is C126H78N8. The molecule has 0 fully saturated rings. The molecular weight excluding hydrogens is 1630 g/mol. The van der Waals surface area contributed by atoms with E-state index in [0.717, 1.165) is 128 Å². The Morgan fingerprint density at radius 1 is 0.127 bits per heavy atom. The zero-order chi connectivity index (χ0) is 88.0. The Labute approximate surface area is 770 Å². The Kier molecular flexibility index (Phi) is 17.5. The highest BCUT2D eigenvalue weighted by Crippen LogP contribution is 2.46. The van der Waals surface area contributed by atoms with Gasteiger partial charge in [-0.3, -0.25) is 0 Å². The first-order valence-corrected chi connectivity index (χ1v) is 45.8. The number of benzene rings is 22. The Hall–Kier alpha value is -18.0. The Morgan fingerprint density at radius 3 is 0.881 bits per heavy atom. The van der Waals surface area contributed by atoms with Gasteiger partial charge in [-0.05, 0) is 245 Å². The lowest BCUT2D eigenvalue weighted by molar-refractivity contribution is 1.16. The minimum Gasteiger partial charge on any atom is -0.309 e. The molecule has 0 atom stereocenters. The van der Waals surface area contributed by atoms with Crippen molar-refractivity contribution in [2.45, 2.75) is 0 Å². The number of rotatable bonds is 11. The molecule has 28 rings (SSSR count). The number of aromatic nitrogens is 8. The predicted molar refractivity (Wildman–Crippen MR) is 562 cm³/mol. The second kappa shape index (κ2) is 30.9. The largest absolute Gasteiger partial charge is 0.309 e. The maximum atomic E-state index is 5.46. The van der Waals surface area contributed by atoms with Crippen molar-refractivity contribution in [1.82, 2.24) is 38.2 Å². The summed E-state index contributed by atoms with van der Waals surface area (Å²) in [6.45, 7) is 0. The van der Waals surface area contributed by atoms with Crippen molar-refractivity contribution in [2.75, 3.05) is 0 Å². The second-order valence-electron chi connectivity index (χ2n) is 35.2. The quantitative estimate of drug-likeness (QED) is 0.129. The van der Waals surface area contributed by atoms with Crippen LogP contribution < -0.4 is 0 Å². The van der Waals surface area contributed by atoms with E-state index in [1.165, 1.54) is 125 Å². The average molecular weight is 1700 g/mol. The number of para-hydroxylation sites is 4. The number of hydrogen-bond acceptors (Lipinski definition) is 4. The molecule has 28 aromatic rings. The minimum absolute atomic E-state index is 0.691. The van der Waals surface area contributed by atoms with Crippen molar-refractivity contribution in [2.24, 2.45) is 0 Å². The summed E-state index contributed by atoms with van der Waals surface area (Å²) < 4.78 is 9.74. The molecule has 6 heterocycles. The van der Waals surface area contributed by atoms with E-state index < -0.39 is 0 Å². The summed E-state index contributed by atoms with van der Waals surface area (Å²) >= 11 is 0. The van der Waals surface area contributed by atoms with Crippen molar-refractivity contribution < 1.29 is 0 Å². The predicted octanol–water partition coefficient (Wildman–Crippen LogP) is 33.1. The highest BCUT2D eigenvalue weighted by Gasteiger charge is 2.25. The molecule has 0 amide bonds. The van der Waals surface area contributed by atoms with Crippen LogP contribution in [0.15, 0.2) is 473 Å². The van der Waals surface area contributed by atoms with Crippen LogP contribution in [0, 0.1) is 0 Å². The molecule has 0 aliphatic rings. The van der Waals surface area contributed by atoms with Gasteiger partial charge in [0, 0.05) is 98.9 Å². The van der Waals surface area contributed by atoms with Crippen molar-refractivity contribution in [1.29, 1.82) is 0 Å². The maximum Gasteiger partial charge on any atom is 0.160 e. The third-order valence-corrected chi connectivity index (χ3v) is 27.4. The topological polar surface area (TPSA) is 71.3 Å².